The van der Waals surface area contributed by atoms with Crippen LogP contribution in [0.3, 0.4) is 0 Å². The summed E-state index contributed by atoms with van der Waals surface area (Å²) in [5.74, 6) is 0.964. The van der Waals surface area contributed by atoms with Gasteiger partial charge >= 0.3 is 5.97 Å². The summed E-state index contributed by atoms with van der Waals surface area (Å²) in [4.78, 5) is 14.4. The molecule has 2 atom stereocenters. The molecule has 4 aromatic carbocycles. The van der Waals surface area contributed by atoms with Crippen LogP contribution in [0.15, 0.2) is 101 Å². The van der Waals surface area contributed by atoms with E-state index in [1.54, 1.807) is 11.8 Å². The third-order valence-corrected chi connectivity index (χ3v) is 7.87. The van der Waals surface area contributed by atoms with Crippen LogP contribution >= 0.6 is 11.8 Å². The Hall–Kier alpha value is -3.28. The molecule has 0 spiro atoms. The first-order valence-corrected chi connectivity index (χ1v) is 14.6. The zero-order chi connectivity index (χ0) is 27.5. The fraction of sp³-hybridized carbons (Fsp3) is 0.324. The predicted molar refractivity (Wildman–Crippen MR) is 162 cm³/mol. The van der Waals surface area contributed by atoms with Crippen LogP contribution < -0.4 is 4.74 Å². The summed E-state index contributed by atoms with van der Waals surface area (Å²) in [6.07, 6.45) is 5.17. The summed E-state index contributed by atoms with van der Waals surface area (Å²) in [7, 11) is 0. The molecule has 0 aliphatic carbocycles. The van der Waals surface area contributed by atoms with E-state index in [4.69, 9.17) is 14.2 Å². The van der Waals surface area contributed by atoms with Gasteiger partial charge in [-0.3, -0.25) is 0 Å². The third kappa shape index (κ3) is 8.11. The molecule has 0 aromatic heterocycles. The van der Waals surface area contributed by atoms with Crippen LogP contribution in [0.25, 0.3) is 21.5 Å². The molecule has 5 heteroatoms. The molecule has 0 saturated carbocycles. The van der Waals surface area contributed by atoms with E-state index in [-0.39, 0.29) is 13.2 Å². The van der Waals surface area contributed by atoms with E-state index in [1.165, 1.54) is 23.8 Å². The van der Waals surface area contributed by atoms with Crippen LogP contribution in [0.1, 0.15) is 39.5 Å². The number of carbonyl (C=O) groups excluding carboxylic acids is 1. The van der Waals surface area contributed by atoms with Gasteiger partial charge in [-0.15, -0.1) is 0 Å². The zero-order valence-corrected chi connectivity index (χ0v) is 23.8. The van der Waals surface area contributed by atoms with Crippen LogP contribution in [0, 0.1) is 5.92 Å². The second-order valence-corrected chi connectivity index (χ2v) is 10.9. The average Bonchev–Trinajstić information content (AvgIpc) is 2.97. The Bertz CT molecular complexity index is 1370. The number of benzene rings is 4. The number of hydrogen-bond donors (Lipinski definition) is 0. The maximum absolute atomic E-state index is 12.1. The zero-order valence-electron chi connectivity index (χ0n) is 22.9. The van der Waals surface area contributed by atoms with Gasteiger partial charge in [-0.25, -0.2) is 4.79 Å². The number of hydrogen-bond acceptors (Lipinski definition) is 5. The lowest BCUT2D eigenvalue weighted by Crippen LogP contribution is -2.29. The number of rotatable bonds is 15. The molecule has 39 heavy (non-hydrogen) atoms. The van der Waals surface area contributed by atoms with E-state index in [9.17, 15) is 4.79 Å². The van der Waals surface area contributed by atoms with E-state index in [2.05, 4.69) is 69.0 Å². The second kappa shape index (κ2) is 14.8. The summed E-state index contributed by atoms with van der Waals surface area (Å²) in [5, 5.41) is 4.24. The number of ether oxygens (including phenoxy) is 3. The molecule has 0 aliphatic rings. The van der Waals surface area contributed by atoms with E-state index < -0.39 is 12.1 Å². The summed E-state index contributed by atoms with van der Waals surface area (Å²) < 4.78 is 18.1. The van der Waals surface area contributed by atoms with E-state index >= 15 is 0 Å². The molecule has 4 rings (SSSR count). The van der Waals surface area contributed by atoms with Crippen molar-refractivity contribution in [2.24, 2.45) is 5.92 Å². The number of carbonyl (C=O) groups is 1. The van der Waals surface area contributed by atoms with Crippen LogP contribution in [-0.4, -0.2) is 31.9 Å². The topological polar surface area (TPSA) is 44.8 Å². The molecule has 0 saturated heterocycles. The summed E-state index contributed by atoms with van der Waals surface area (Å²) in [6.45, 7) is 9.09. The minimum atomic E-state index is -0.544. The lowest BCUT2D eigenvalue weighted by molar-refractivity contribution is -0.148. The predicted octanol–water partition coefficient (Wildman–Crippen LogP) is 8.85. The molecule has 0 bridgehead atoms. The van der Waals surface area contributed by atoms with Gasteiger partial charge in [0.25, 0.3) is 0 Å². The number of fused-ring (bicyclic) bond motifs is 2. The molecule has 0 radical (unpaired) electrons. The highest BCUT2D eigenvalue weighted by atomic mass is 32.2. The normalized spacial score (nSPS) is 12.8. The van der Waals surface area contributed by atoms with Gasteiger partial charge in [-0.2, -0.15) is 0 Å². The first-order chi connectivity index (χ1) is 19.1. The lowest BCUT2D eigenvalue weighted by Gasteiger charge is -2.21. The van der Waals surface area contributed by atoms with Gasteiger partial charge in [0.05, 0.1) is 6.61 Å². The van der Waals surface area contributed by atoms with Crippen molar-refractivity contribution in [2.75, 3.05) is 19.8 Å². The van der Waals surface area contributed by atoms with Crippen molar-refractivity contribution < 1.29 is 19.0 Å². The quantitative estimate of drug-likeness (QED) is 0.0650. The van der Waals surface area contributed by atoms with Gasteiger partial charge in [0.15, 0.2) is 6.10 Å². The molecule has 0 heterocycles. The van der Waals surface area contributed by atoms with Crippen LogP contribution in [-0.2, 0) is 14.3 Å². The van der Waals surface area contributed by atoms with Gasteiger partial charge in [-0.05, 0) is 53.4 Å². The fourth-order valence-corrected chi connectivity index (χ4v) is 5.65. The van der Waals surface area contributed by atoms with Gasteiger partial charge in [0.2, 0.25) is 0 Å². The standard InChI is InChI=1S/C34H38O4S/c1-4-12-25(5-2)19-20-36-23-28(38-33(35)6-3)24-37-34-31-16-11-10-13-26(31)21-27-17-18-30(22-32(27)34)39-29-14-8-7-9-15-29/h6-11,13-18,21-22,25,28H,3-5,12,19-20,23-24H2,1-2H3. The highest BCUT2D eigenvalue weighted by Gasteiger charge is 2.18. The molecule has 0 aliphatic heterocycles. The van der Waals surface area contributed by atoms with Crippen molar-refractivity contribution in [1.29, 1.82) is 0 Å². The van der Waals surface area contributed by atoms with E-state index in [1.807, 2.05) is 30.3 Å². The highest BCUT2D eigenvalue weighted by Crippen LogP contribution is 2.38. The van der Waals surface area contributed by atoms with Crippen molar-refractivity contribution >= 4 is 39.3 Å². The smallest absolute Gasteiger partial charge is 0.330 e. The summed E-state index contributed by atoms with van der Waals surface area (Å²) >= 11 is 1.72. The van der Waals surface area contributed by atoms with Crippen molar-refractivity contribution in [3.05, 3.63) is 91.5 Å². The monoisotopic (exact) mass is 542 g/mol. The molecule has 2 unspecified atom stereocenters. The highest BCUT2D eigenvalue weighted by molar-refractivity contribution is 7.99. The van der Waals surface area contributed by atoms with Crippen LogP contribution in [0.4, 0.5) is 0 Å². The average molecular weight is 543 g/mol. The fourth-order valence-electron chi connectivity index (χ4n) is 4.77. The van der Waals surface area contributed by atoms with E-state index in [0.717, 1.165) is 45.0 Å². The molecule has 0 amide bonds. The van der Waals surface area contributed by atoms with Crippen molar-refractivity contribution in [2.45, 2.75) is 55.4 Å². The largest absolute Gasteiger partial charge is 0.488 e. The van der Waals surface area contributed by atoms with Crippen LogP contribution in [0.2, 0.25) is 0 Å². The molecule has 204 valence electrons. The Kier molecular flexibility index (Phi) is 10.9. The Labute approximate surface area is 236 Å². The Balaban J connectivity index is 1.56. The lowest BCUT2D eigenvalue weighted by atomic mass is 9.98. The summed E-state index contributed by atoms with van der Waals surface area (Å²) in [5.41, 5.74) is 0. The summed E-state index contributed by atoms with van der Waals surface area (Å²) in [6, 6.07) is 27.2. The van der Waals surface area contributed by atoms with Gasteiger partial charge in [-0.1, -0.05) is 100.0 Å². The van der Waals surface area contributed by atoms with Crippen LogP contribution in [0.5, 0.6) is 5.75 Å². The van der Waals surface area contributed by atoms with Crippen molar-refractivity contribution in [1.82, 2.24) is 0 Å². The SMILES string of the molecule is C=CC(=O)OC(COCCC(CC)CCC)COc1c2ccccc2cc2ccc(Sc3ccccc3)cc12. The van der Waals surface area contributed by atoms with Crippen molar-refractivity contribution in [3.8, 4) is 5.75 Å². The maximum atomic E-state index is 12.1. The molecule has 4 nitrogen and oxygen atoms in total. The van der Waals surface area contributed by atoms with Crippen molar-refractivity contribution in [3.63, 3.8) is 0 Å². The molecule has 4 aromatic rings. The Morgan fingerprint density at radius 2 is 1.64 bits per heavy atom. The first kappa shape index (κ1) is 28.7. The maximum Gasteiger partial charge on any atom is 0.330 e. The Morgan fingerprint density at radius 3 is 2.41 bits per heavy atom. The molecule has 0 N–H and O–H groups in total. The third-order valence-electron chi connectivity index (χ3n) is 6.88. The van der Waals surface area contributed by atoms with Gasteiger partial charge in [0, 0.05) is 33.2 Å². The second-order valence-electron chi connectivity index (χ2n) is 9.73. The molecular weight excluding hydrogens is 504 g/mol. The minimum Gasteiger partial charge on any atom is -0.488 e. The molecular formula is C34H38O4S. The van der Waals surface area contributed by atoms with Gasteiger partial charge < -0.3 is 14.2 Å². The number of esters is 1. The van der Waals surface area contributed by atoms with Gasteiger partial charge in [0.1, 0.15) is 12.4 Å². The molecule has 0 fully saturated rings. The van der Waals surface area contributed by atoms with E-state index in [0.29, 0.717) is 12.5 Å². The Morgan fingerprint density at radius 1 is 0.872 bits per heavy atom. The minimum absolute atomic E-state index is 0.185. The first-order valence-electron chi connectivity index (χ1n) is 13.8.